The lowest BCUT2D eigenvalue weighted by Crippen LogP contribution is -2.14. The molecule has 2 heterocycles. The molecule has 122 valence electrons. The van der Waals surface area contributed by atoms with Gasteiger partial charge in [0.25, 0.3) is 0 Å². The molecule has 1 aliphatic heterocycles. The summed E-state index contributed by atoms with van der Waals surface area (Å²) in [6.45, 7) is 1.36. The molecule has 0 spiro atoms. The molecule has 23 heavy (non-hydrogen) atoms. The predicted molar refractivity (Wildman–Crippen MR) is 83.6 cm³/mol. The van der Waals surface area contributed by atoms with E-state index in [2.05, 4.69) is 15.3 Å². The van der Waals surface area contributed by atoms with Gasteiger partial charge in [0.15, 0.2) is 11.6 Å². The zero-order chi connectivity index (χ0) is 16.4. The number of benzene rings is 1. The fourth-order valence-electron chi connectivity index (χ4n) is 2.50. The van der Waals surface area contributed by atoms with Crippen molar-refractivity contribution in [2.45, 2.75) is 19.6 Å². The molecule has 1 aromatic carbocycles. The smallest absolute Gasteiger partial charge is 0.171 e. The monoisotopic (exact) mass is 338 g/mol. The van der Waals surface area contributed by atoms with Gasteiger partial charge in [0.05, 0.1) is 33.0 Å². The van der Waals surface area contributed by atoms with Gasteiger partial charge in [-0.3, -0.25) is 0 Å². The largest absolute Gasteiger partial charge is 0.494 e. The molecule has 0 fully saturated rings. The summed E-state index contributed by atoms with van der Waals surface area (Å²) in [7, 11) is 3.03. The van der Waals surface area contributed by atoms with Crippen molar-refractivity contribution in [3.63, 3.8) is 0 Å². The Morgan fingerprint density at radius 1 is 1.30 bits per heavy atom. The molecule has 3 rings (SSSR count). The number of ether oxygens (including phenoxy) is 1. The Bertz CT molecular complexity index is 729. The van der Waals surface area contributed by atoms with Crippen LogP contribution in [0.1, 0.15) is 16.8 Å². The summed E-state index contributed by atoms with van der Waals surface area (Å²) in [4.78, 5) is 13.7. The van der Waals surface area contributed by atoms with Crippen LogP contribution in [0.5, 0.6) is 5.75 Å². The number of nitrogens with one attached hydrogen (secondary N) is 1. The van der Waals surface area contributed by atoms with Crippen molar-refractivity contribution in [3.05, 3.63) is 46.1 Å². The van der Waals surface area contributed by atoms with Crippen molar-refractivity contribution in [1.82, 2.24) is 15.0 Å². The maximum absolute atomic E-state index is 14.3. The highest BCUT2D eigenvalue weighted by atomic mass is 35.5. The molecule has 0 aliphatic carbocycles. The highest BCUT2D eigenvalue weighted by Gasteiger charge is 2.24. The van der Waals surface area contributed by atoms with Crippen LogP contribution < -0.4 is 10.1 Å². The van der Waals surface area contributed by atoms with Crippen molar-refractivity contribution in [1.29, 1.82) is 0 Å². The van der Waals surface area contributed by atoms with E-state index in [-0.39, 0.29) is 12.3 Å². The van der Waals surface area contributed by atoms with Gasteiger partial charge < -0.3 is 14.9 Å². The summed E-state index contributed by atoms with van der Waals surface area (Å²) < 4.78 is 19.3. The van der Waals surface area contributed by atoms with E-state index in [1.54, 1.807) is 18.2 Å². The minimum Gasteiger partial charge on any atom is -0.494 e. The molecule has 0 bridgehead atoms. The predicted octanol–water partition coefficient (Wildman–Crippen LogP) is 2.77. The van der Waals surface area contributed by atoms with Gasteiger partial charge in [-0.05, 0) is 12.1 Å². The van der Waals surface area contributed by atoms with Gasteiger partial charge >= 0.3 is 0 Å². The van der Waals surface area contributed by atoms with Gasteiger partial charge in [0.2, 0.25) is 0 Å². The Kier molecular flexibility index (Phi) is 4.61. The third-order valence-electron chi connectivity index (χ3n) is 3.76. The first-order valence-corrected chi connectivity index (χ1v) is 7.38. The van der Waals surface area contributed by atoms with E-state index in [9.17, 15) is 4.39 Å². The Hall–Kier alpha value is -1.96. The molecule has 0 saturated heterocycles. The summed E-state index contributed by atoms with van der Waals surface area (Å²) in [5.74, 6) is 0.328. The lowest BCUT2D eigenvalue weighted by Gasteiger charge is -2.13. The second-order valence-corrected chi connectivity index (χ2v) is 5.43. The highest BCUT2D eigenvalue weighted by Crippen LogP contribution is 2.29. The quantitative estimate of drug-likeness (QED) is 0.904. The molecular weight excluding hydrogens is 323 g/mol. The van der Waals surface area contributed by atoms with E-state index in [1.165, 1.54) is 19.5 Å². The summed E-state index contributed by atoms with van der Waals surface area (Å²) in [5.41, 5.74) is 2.16. The van der Waals surface area contributed by atoms with Gasteiger partial charge in [-0.1, -0.05) is 11.6 Å². The van der Waals surface area contributed by atoms with Crippen LogP contribution >= 0.6 is 11.6 Å². The lowest BCUT2D eigenvalue weighted by atomic mass is 10.2. The summed E-state index contributed by atoms with van der Waals surface area (Å²) >= 11 is 6.09. The van der Waals surface area contributed by atoms with Crippen LogP contribution in [0.4, 0.5) is 10.2 Å². The molecule has 0 radical (unpaired) electrons. The van der Waals surface area contributed by atoms with Crippen molar-refractivity contribution in [2.75, 3.05) is 19.5 Å². The van der Waals surface area contributed by atoms with Crippen LogP contribution in [0.25, 0.3) is 0 Å². The fourth-order valence-corrected chi connectivity index (χ4v) is 2.71. The van der Waals surface area contributed by atoms with Crippen molar-refractivity contribution >= 4 is 17.4 Å². The van der Waals surface area contributed by atoms with E-state index >= 15 is 0 Å². The molecule has 1 aliphatic rings. The van der Waals surface area contributed by atoms with Crippen LogP contribution in [-0.4, -0.2) is 29.3 Å². The molecule has 1 N–H and O–H groups in total. The number of fused-ring (bicyclic) bond motifs is 1. The molecule has 1 aromatic heterocycles. The molecule has 0 unspecified atom stereocenters. The number of anilines is 1. The molecule has 0 amide bonds. The second-order valence-electron chi connectivity index (χ2n) is 5.02. The Morgan fingerprint density at radius 2 is 2.13 bits per heavy atom. The maximum atomic E-state index is 14.3. The van der Waals surface area contributed by atoms with E-state index < -0.39 is 5.82 Å². The van der Waals surface area contributed by atoms with Gasteiger partial charge in [-0.25, -0.2) is 14.4 Å². The summed E-state index contributed by atoms with van der Waals surface area (Å²) in [5, 5.41) is 5.23. The van der Waals surface area contributed by atoms with Gasteiger partial charge in [0.1, 0.15) is 12.1 Å². The van der Waals surface area contributed by atoms with E-state index in [1.807, 2.05) is 0 Å². The van der Waals surface area contributed by atoms with Crippen LogP contribution in [0.2, 0.25) is 5.02 Å². The number of hydrogen-bond acceptors (Lipinski definition) is 6. The molecule has 6 nitrogen and oxygen atoms in total. The van der Waals surface area contributed by atoms with E-state index in [4.69, 9.17) is 21.2 Å². The van der Waals surface area contributed by atoms with Crippen molar-refractivity contribution in [3.8, 4) is 5.75 Å². The SMILES string of the molecule is COc1ccc(Cl)c(CNc2ncnc3c2CN(OC)C3)c1F. The molecule has 0 atom stereocenters. The number of halogens is 2. The number of methoxy groups -OCH3 is 1. The zero-order valence-electron chi connectivity index (χ0n) is 12.8. The first-order chi connectivity index (χ1) is 11.1. The lowest BCUT2D eigenvalue weighted by molar-refractivity contribution is -0.137. The number of nitrogens with zero attached hydrogens (tertiary/aromatic N) is 3. The number of hydroxylamine groups is 2. The van der Waals surface area contributed by atoms with Crippen molar-refractivity contribution in [2.24, 2.45) is 0 Å². The first-order valence-electron chi connectivity index (χ1n) is 7.00. The van der Waals surface area contributed by atoms with Gasteiger partial charge in [0, 0.05) is 22.7 Å². The third-order valence-corrected chi connectivity index (χ3v) is 4.11. The number of hydrogen-bond donors (Lipinski definition) is 1. The molecule has 8 heteroatoms. The number of aromatic nitrogens is 2. The molecular formula is C15H16ClFN4O2. The van der Waals surface area contributed by atoms with Gasteiger partial charge in [-0.2, -0.15) is 5.06 Å². The fraction of sp³-hybridized carbons (Fsp3) is 0.333. The molecule has 2 aromatic rings. The average Bonchev–Trinajstić information content (AvgIpc) is 2.99. The Morgan fingerprint density at radius 3 is 2.87 bits per heavy atom. The second kappa shape index (κ2) is 6.66. The Balaban J connectivity index is 1.82. The van der Waals surface area contributed by atoms with Gasteiger partial charge in [-0.15, -0.1) is 0 Å². The van der Waals surface area contributed by atoms with Crippen LogP contribution in [-0.2, 0) is 24.5 Å². The highest BCUT2D eigenvalue weighted by molar-refractivity contribution is 6.31. The van der Waals surface area contributed by atoms with Crippen molar-refractivity contribution < 1.29 is 14.0 Å². The Labute approximate surface area is 138 Å². The third kappa shape index (κ3) is 3.08. The molecule has 0 saturated carbocycles. The van der Waals surface area contributed by atoms with E-state index in [0.717, 1.165) is 11.3 Å². The first kappa shape index (κ1) is 15.9. The summed E-state index contributed by atoms with van der Waals surface area (Å²) in [6, 6.07) is 3.11. The van der Waals surface area contributed by atoms with Crippen LogP contribution in [0, 0.1) is 5.82 Å². The minimum absolute atomic E-state index is 0.157. The average molecular weight is 339 g/mol. The van der Waals surface area contributed by atoms with Crippen LogP contribution in [0.3, 0.4) is 0 Å². The summed E-state index contributed by atoms with van der Waals surface area (Å²) in [6.07, 6.45) is 1.48. The standard InChI is InChI=1S/C15H16ClFN4O2/c1-22-13-4-3-11(16)9(14(13)17)5-18-15-10-6-21(23-2)7-12(10)19-8-20-15/h3-4,8H,5-7H2,1-2H3,(H,18,19,20). The van der Waals surface area contributed by atoms with E-state index in [0.29, 0.717) is 29.5 Å². The topological polar surface area (TPSA) is 59.5 Å². The minimum atomic E-state index is -0.475. The zero-order valence-corrected chi connectivity index (χ0v) is 13.5. The normalized spacial score (nSPS) is 13.9. The number of rotatable bonds is 5. The maximum Gasteiger partial charge on any atom is 0.171 e. The van der Waals surface area contributed by atoms with Crippen LogP contribution in [0.15, 0.2) is 18.5 Å².